The zero-order chi connectivity index (χ0) is 14.4. The van der Waals surface area contributed by atoms with Crippen molar-refractivity contribution < 1.29 is 9.90 Å². The normalized spacial score (nSPS) is 10.3. The summed E-state index contributed by atoms with van der Waals surface area (Å²) in [5, 5.41) is 9.49. The zero-order valence-corrected chi connectivity index (χ0v) is 12.6. The Labute approximate surface area is 119 Å². The number of carbonyl (C=O) groups is 1. The van der Waals surface area contributed by atoms with E-state index >= 15 is 0 Å². The molecule has 0 aromatic heterocycles. The summed E-state index contributed by atoms with van der Waals surface area (Å²) in [4.78, 5) is 14.4. The van der Waals surface area contributed by atoms with Gasteiger partial charge in [-0.15, -0.1) is 11.8 Å². The van der Waals surface area contributed by atoms with Gasteiger partial charge in [-0.1, -0.05) is 25.1 Å². The molecule has 0 amide bonds. The number of aromatic carboxylic acids is 1. The highest BCUT2D eigenvalue weighted by molar-refractivity contribution is 7.99. The molecule has 0 fully saturated rings. The van der Waals surface area contributed by atoms with Gasteiger partial charge in [0.05, 0.1) is 11.3 Å². The standard InChI is InChI=1S/C15H21NO2S/c1-5-16(10-11(3)4)12-8-7-9-13(19-6-2)14(12)15(17)18/h7-9H,3,5-6,10H2,1-2,4H3,(H,17,18). The monoisotopic (exact) mass is 279 g/mol. The Morgan fingerprint density at radius 1 is 1.42 bits per heavy atom. The maximum absolute atomic E-state index is 11.6. The van der Waals surface area contributed by atoms with Crippen molar-refractivity contribution in [3.05, 3.63) is 35.9 Å². The predicted molar refractivity (Wildman–Crippen MR) is 82.5 cm³/mol. The van der Waals surface area contributed by atoms with Gasteiger partial charge in [-0.2, -0.15) is 0 Å². The molecule has 19 heavy (non-hydrogen) atoms. The van der Waals surface area contributed by atoms with Gasteiger partial charge in [-0.3, -0.25) is 0 Å². The SMILES string of the molecule is C=C(C)CN(CC)c1cccc(SCC)c1C(=O)O. The van der Waals surface area contributed by atoms with Crippen LogP contribution in [0.3, 0.4) is 0 Å². The van der Waals surface area contributed by atoms with Crippen LogP contribution < -0.4 is 4.90 Å². The van der Waals surface area contributed by atoms with E-state index < -0.39 is 5.97 Å². The fraction of sp³-hybridized carbons (Fsp3) is 0.400. The van der Waals surface area contributed by atoms with E-state index in [9.17, 15) is 9.90 Å². The van der Waals surface area contributed by atoms with E-state index in [4.69, 9.17) is 0 Å². The van der Waals surface area contributed by atoms with E-state index in [2.05, 4.69) is 6.58 Å². The van der Waals surface area contributed by atoms with Crippen LogP contribution >= 0.6 is 11.8 Å². The Balaban J connectivity index is 3.28. The number of rotatable bonds is 7. The average Bonchev–Trinajstić information content (AvgIpc) is 2.35. The lowest BCUT2D eigenvalue weighted by molar-refractivity contribution is 0.0694. The number of likely N-dealkylation sites (N-methyl/N-ethyl adjacent to an activating group) is 1. The summed E-state index contributed by atoms with van der Waals surface area (Å²) in [7, 11) is 0. The number of hydrogen-bond acceptors (Lipinski definition) is 3. The van der Waals surface area contributed by atoms with Crippen molar-refractivity contribution in [2.24, 2.45) is 0 Å². The molecule has 0 bridgehead atoms. The number of hydrogen-bond donors (Lipinski definition) is 1. The molecule has 104 valence electrons. The minimum Gasteiger partial charge on any atom is -0.478 e. The molecule has 3 nitrogen and oxygen atoms in total. The van der Waals surface area contributed by atoms with Crippen LogP contribution in [0.4, 0.5) is 5.69 Å². The molecule has 0 saturated heterocycles. The van der Waals surface area contributed by atoms with Gasteiger partial charge < -0.3 is 10.0 Å². The van der Waals surface area contributed by atoms with Crippen molar-refractivity contribution in [3.63, 3.8) is 0 Å². The highest BCUT2D eigenvalue weighted by atomic mass is 32.2. The Bertz CT molecular complexity index is 471. The van der Waals surface area contributed by atoms with Gasteiger partial charge >= 0.3 is 5.97 Å². The van der Waals surface area contributed by atoms with Crippen LogP contribution in [0.2, 0.25) is 0 Å². The fourth-order valence-corrected chi connectivity index (χ4v) is 2.79. The van der Waals surface area contributed by atoms with E-state index in [0.717, 1.165) is 28.5 Å². The van der Waals surface area contributed by atoms with Gasteiger partial charge in [-0.05, 0) is 31.7 Å². The molecule has 1 N–H and O–H groups in total. The topological polar surface area (TPSA) is 40.5 Å². The van der Waals surface area contributed by atoms with Crippen molar-refractivity contribution >= 4 is 23.4 Å². The summed E-state index contributed by atoms with van der Waals surface area (Å²) in [6, 6.07) is 5.66. The third kappa shape index (κ3) is 4.03. The van der Waals surface area contributed by atoms with Crippen LogP contribution in [-0.2, 0) is 0 Å². The molecule has 0 spiro atoms. The summed E-state index contributed by atoms with van der Waals surface area (Å²) >= 11 is 1.56. The molecular weight excluding hydrogens is 258 g/mol. The lowest BCUT2D eigenvalue weighted by Crippen LogP contribution is -2.26. The quantitative estimate of drug-likeness (QED) is 0.607. The van der Waals surface area contributed by atoms with Crippen LogP contribution in [0.15, 0.2) is 35.2 Å². The summed E-state index contributed by atoms with van der Waals surface area (Å²) in [5.41, 5.74) is 2.20. The smallest absolute Gasteiger partial charge is 0.338 e. The summed E-state index contributed by atoms with van der Waals surface area (Å²) in [6.07, 6.45) is 0. The van der Waals surface area contributed by atoms with E-state index in [0.29, 0.717) is 12.1 Å². The van der Waals surface area contributed by atoms with E-state index in [1.54, 1.807) is 11.8 Å². The molecule has 1 aromatic carbocycles. The van der Waals surface area contributed by atoms with Gasteiger partial charge in [0.1, 0.15) is 0 Å². The predicted octanol–water partition coefficient (Wildman–Crippen LogP) is 3.90. The Morgan fingerprint density at radius 3 is 2.58 bits per heavy atom. The first-order valence-electron chi connectivity index (χ1n) is 6.39. The van der Waals surface area contributed by atoms with Gasteiger partial charge in [0.15, 0.2) is 0 Å². The molecule has 0 aliphatic heterocycles. The highest BCUT2D eigenvalue weighted by Crippen LogP contribution is 2.31. The molecule has 4 heteroatoms. The molecule has 1 rings (SSSR count). The molecule has 0 aliphatic carbocycles. The third-order valence-corrected chi connectivity index (χ3v) is 3.64. The second-order valence-electron chi connectivity index (χ2n) is 4.36. The van der Waals surface area contributed by atoms with Crippen LogP contribution in [0.1, 0.15) is 31.1 Å². The molecule has 0 radical (unpaired) electrons. The van der Waals surface area contributed by atoms with Crippen LogP contribution in [0, 0.1) is 0 Å². The van der Waals surface area contributed by atoms with Gasteiger partial charge in [0.25, 0.3) is 0 Å². The van der Waals surface area contributed by atoms with Crippen molar-refractivity contribution in [2.45, 2.75) is 25.7 Å². The maximum Gasteiger partial charge on any atom is 0.338 e. The Kier molecular flexibility index (Phi) is 5.96. The van der Waals surface area contributed by atoms with Gasteiger partial charge in [0, 0.05) is 18.0 Å². The summed E-state index contributed by atoms with van der Waals surface area (Å²) in [6.45, 7) is 11.3. The van der Waals surface area contributed by atoms with E-state index in [1.807, 2.05) is 43.9 Å². The number of thioether (sulfide) groups is 1. The van der Waals surface area contributed by atoms with Crippen LogP contribution in [0.25, 0.3) is 0 Å². The molecule has 0 unspecified atom stereocenters. The van der Waals surface area contributed by atoms with Gasteiger partial charge in [-0.25, -0.2) is 4.79 Å². The number of carboxylic acids is 1. The minimum atomic E-state index is -0.869. The number of carboxylic acid groups (broad SMARTS) is 1. The zero-order valence-electron chi connectivity index (χ0n) is 11.8. The van der Waals surface area contributed by atoms with Crippen molar-refractivity contribution in [3.8, 4) is 0 Å². The largest absolute Gasteiger partial charge is 0.478 e. The van der Waals surface area contributed by atoms with E-state index in [1.165, 1.54) is 0 Å². The second kappa shape index (κ2) is 7.24. The molecule has 1 aromatic rings. The first-order chi connectivity index (χ1) is 9.01. The van der Waals surface area contributed by atoms with Crippen LogP contribution in [-0.4, -0.2) is 29.9 Å². The first kappa shape index (κ1) is 15.6. The van der Waals surface area contributed by atoms with Gasteiger partial charge in [0.2, 0.25) is 0 Å². The summed E-state index contributed by atoms with van der Waals surface area (Å²) in [5.74, 6) is -0.0113. The molecule has 0 heterocycles. The summed E-state index contributed by atoms with van der Waals surface area (Å²) < 4.78 is 0. The Morgan fingerprint density at radius 2 is 2.11 bits per heavy atom. The van der Waals surface area contributed by atoms with Crippen molar-refractivity contribution in [1.29, 1.82) is 0 Å². The molecule has 0 atom stereocenters. The average molecular weight is 279 g/mol. The second-order valence-corrected chi connectivity index (χ2v) is 5.67. The molecule has 0 aliphatic rings. The van der Waals surface area contributed by atoms with Crippen molar-refractivity contribution in [2.75, 3.05) is 23.7 Å². The van der Waals surface area contributed by atoms with Crippen LogP contribution in [0.5, 0.6) is 0 Å². The third-order valence-electron chi connectivity index (χ3n) is 2.70. The number of nitrogens with zero attached hydrogens (tertiary/aromatic N) is 1. The van der Waals surface area contributed by atoms with Crippen molar-refractivity contribution in [1.82, 2.24) is 0 Å². The lowest BCUT2D eigenvalue weighted by atomic mass is 10.1. The number of anilines is 1. The number of benzene rings is 1. The maximum atomic E-state index is 11.6. The lowest BCUT2D eigenvalue weighted by Gasteiger charge is -2.25. The molecule has 0 saturated carbocycles. The Hall–Kier alpha value is -1.42. The fourth-order valence-electron chi connectivity index (χ4n) is 1.97. The highest BCUT2D eigenvalue weighted by Gasteiger charge is 2.19. The first-order valence-corrected chi connectivity index (χ1v) is 7.38. The minimum absolute atomic E-state index is 0.400. The van der Waals surface area contributed by atoms with E-state index in [-0.39, 0.29) is 0 Å². The molecular formula is C15H21NO2S.